The van der Waals surface area contributed by atoms with Crippen molar-refractivity contribution in [2.24, 2.45) is 0 Å². The number of thiophene rings is 1. The molecule has 1 aliphatic rings. The fraction of sp³-hybridized carbons (Fsp3) is 0.364. The third-order valence-corrected chi connectivity index (χ3v) is 3.58. The lowest BCUT2D eigenvalue weighted by atomic mass is 10.0. The molecule has 0 bridgehead atoms. The summed E-state index contributed by atoms with van der Waals surface area (Å²) in [5.41, 5.74) is 2.04. The topological polar surface area (TPSA) is 35.8 Å². The highest BCUT2D eigenvalue weighted by atomic mass is 32.2. The van der Waals surface area contributed by atoms with Crippen LogP contribution in [-0.4, -0.2) is 0 Å². The maximum atomic E-state index is 8.95. The van der Waals surface area contributed by atoms with Gasteiger partial charge in [0.1, 0.15) is 0 Å². The van der Waals surface area contributed by atoms with E-state index >= 15 is 0 Å². The zero-order chi connectivity index (χ0) is 11.3. The Balaban J connectivity index is 0.000000531. The number of hydrogen-bond donors (Lipinski definition) is 1. The molecular weight excluding hydrogens is 224 g/mol. The molecule has 1 N–H and O–H groups in total. The Bertz CT molecular complexity index is 374. The van der Waals surface area contributed by atoms with E-state index in [0.29, 0.717) is 0 Å². The van der Waals surface area contributed by atoms with E-state index in [1.54, 1.807) is 23.3 Å². The molecule has 0 radical (unpaired) electrons. The van der Waals surface area contributed by atoms with Gasteiger partial charge in [-0.2, -0.15) is 16.6 Å². The number of nitrogens with zero attached hydrogens (tertiary/aromatic N) is 1. The van der Waals surface area contributed by atoms with Gasteiger partial charge in [-0.3, -0.25) is 0 Å². The molecule has 1 aromatic rings. The molecule has 1 aromatic heterocycles. The molecule has 15 heavy (non-hydrogen) atoms. The molecule has 1 unspecified atom stereocenters. The smallest absolute Gasteiger partial charge is 0.0976 e. The Hall–Kier alpha value is -0.760. The van der Waals surface area contributed by atoms with Crippen molar-refractivity contribution in [3.8, 4) is 6.07 Å². The van der Waals surface area contributed by atoms with E-state index in [-0.39, 0.29) is 6.04 Å². The van der Waals surface area contributed by atoms with Crippen LogP contribution in [0.5, 0.6) is 0 Å². The summed E-state index contributed by atoms with van der Waals surface area (Å²) in [7, 11) is 0. The van der Waals surface area contributed by atoms with Gasteiger partial charge in [0.15, 0.2) is 0 Å². The fourth-order valence-corrected chi connectivity index (χ4v) is 2.79. The second kappa shape index (κ2) is 5.96. The summed E-state index contributed by atoms with van der Waals surface area (Å²) in [4.78, 5) is 1.08. The Kier molecular flexibility index (Phi) is 4.89. The maximum Gasteiger partial charge on any atom is 0.0976 e. The van der Waals surface area contributed by atoms with Crippen LogP contribution in [0.1, 0.15) is 32.4 Å². The average molecular weight is 238 g/mol. The Morgan fingerprint density at radius 1 is 1.47 bits per heavy atom. The second-order valence-corrected chi connectivity index (χ2v) is 4.62. The number of nitrogens with one attached hydrogen (secondary N) is 1. The van der Waals surface area contributed by atoms with Crippen molar-refractivity contribution in [1.82, 2.24) is 4.72 Å². The molecule has 2 heterocycles. The van der Waals surface area contributed by atoms with Crippen LogP contribution in [0.3, 0.4) is 0 Å². The van der Waals surface area contributed by atoms with E-state index in [2.05, 4.69) is 22.2 Å². The number of nitriles is 1. The third-order valence-electron chi connectivity index (χ3n) is 1.99. The molecule has 2 rings (SSSR count). The van der Waals surface area contributed by atoms with Gasteiger partial charge in [-0.05, 0) is 41.3 Å². The average Bonchev–Trinajstić information content (AvgIpc) is 2.89. The molecule has 0 saturated heterocycles. The minimum Gasteiger partial charge on any atom is -0.247 e. The summed E-state index contributed by atoms with van der Waals surface area (Å²) in [6, 6.07) is 4.41. The van der Waals surface area contributed by atoms with Crippen LogP contribution < -0.4 is 4.72 Å². The van der Waals surface area contributed by atoms with Gasteiger partial charge in [0.05, 0.1) is 17.7 Å². The van der Waals surface area contributed by atoms with Gasteiger partial charge in [-0.15, -0.1) is 0 Å². The SMILES string of the molecule is CC.CC1=C(C#N)C(c2ccsc2)NS1. The molecule has 0 saturated carbocycles. The van der Waals surface area contributed by atoms with Crippen LogP contribution >= 0.6 is 23.3 Å². The summed E-state index contributed by atoms with van der Waals surface area (Å²) in [5, 5.41) is 13.1. The van der Waals surface area contributed by atoms with Crippen molar-refractivity contribution in [2.75, 3.05) is 0 Å². The second-order valence-electron chi connectivity index (χ2n) is 2.79. The van der Waals surface area contributed by atoms with Crippen LogP contribution in [0.15, 0.2) is 27.3 Å². The zero-order valence-electron chi connectivity index (χ0n) is 9.07. The number of hydrogen-bond acceptors (Lipinski definition) is 4. The number of allylic oxidation sites excluding steroid dienone is 1. The van der Waals surface area contributed by atoms with Crippen molar-refractivity contribution in [3.05, 3.63) is 32.9 Å². The van der Waals surface area contributed by atoms with Crippen molar-refractivity contribution < 1.29 is 0 Å². The number of rotatable bonds is 1. The monoisotopic (exact) mass is 238 g/mol. The molecular formula is C11H14N2S2. The molecule has 0 aromatic carbocycles. The van der Waals surface area contributed by atoms with Crippen molar-refractivity contribution in [2.45, 2.75) is 26.8 Å². The van der Waals surface area contributed by atoms with Gasteiger partial charge in [-0.25, -0.2) is 4.72 Å². The van der Waals surface area contributed by atoms with E-state index in [1.807, 2.05) is 26.2 Å². The summed E-state index contributed by atoms with van der Waals surface area (Å²) in [6.45, 7) is 5.97. The lowest BCUT2D eigenvalue weighted by Gasteiger charge is -2.06. The highest BCUT2D eigenvalue weighted by Crippen LogP contribution is 2.37. The minimum atomic E-state index is 0.0984. The van der Waals surface area contributed by atoms with Crippen molar-refractivity contribution in [3.63, 3.8) is 0 Å². The third kappa shape index (κ3) is 2.63. The summed E-state index contributed by atoms with van der Waals surface area (Å²) in [6.07, 6.45) is 0. The standard InChI is InChI=1S/C9H8N2S2.C2H6/c1-6-8(4-10)9(11-13-6)7-2-3-12-5-7;1-2/h2-3,5,9,11H,1H3;1-2H3. The van der Waals surface area contributed by atoms with Crippen molar-refractivity contribution >= 4 is 23.3 Å². The highest BCUT2D eigenvalue weighted by molar-refractivity contribution is 8.01. The Morgan fingerprint density at radius 3 is 2.73 bits per heavy atom. The largest absolute Gasteiger partial charge is 0.247 e. The molecule has 4 heteroatoms. The molecule has 0 fully saturated rings. The van der Waals surface area contributed by atoms with Crippen molar-refractivity contribution in [1.29, 1.82) is 5.26 Å². The first-order chi connectivity index (χ1) is 7.33. The Morgan fingerprint density at radius 2 is 2.20 bits per heavy atom. The highest BCUT2D eigenvalue weighted by Gasteiger charge is 2.25. The first kappa shape index (κ1) is 12.3. The van der Waals surface area contributed by atoms with E-state index in [1.165, 1.54) is 5.56 Å². The minimum absolute atomic E-state index is 0.0984. The molecule has 0 aliphatic carbocycles. The fourth-order valence-electron chi connectivity index (χ4n) is 1.28. The van der Waals surface area contributed by atoms with Gasteiger partial charge in [0, 0.05) is 4.91 Å². The predicted molar refractivity (Wildman–Crippen MR) is 67.4 cm³/mol. The summed E-state index contributed by atoms with van der Waals surface area (Å²) in [5.74, 6) is 0. The molecule has 0 amide bonds. The van der Waals surface area contributed by atoms with Gasteiger partial charge in [-0.1, -0.05) is 13.8 Å². The van der Waals surface area contributed by atoms with Gasteiger partial charge < -0.3 is 0 Å². The zero-order valence-corrected chi connectivity index (χ0v) is 10.7. The lowest BCUT2D eigenvalue weighted by molar-refractivity contribution is 0.826. The molecule has 80 valence electrons. The van der Waals surface area contributed by atoms with E-state index in [0.717, 1.165) is 10.5 Å². The van der Waals surface area contributed by atoms with Crippen LogP contribution in [-0.2, 0) is 0 Å². The van der Waals surface area contributed by atoms with Crippen LogP contribution in [0, 0.1) is 11.3 Å². The van der Waals surface area contributed by atoms with Crippen LogP contribution in [0.2, 0.25) is 0 Å². The molecule has 1 atom stereocenters. The van der Waals surface area contributed by atoms with Gasteiger partial charge in [0.2, 0.25) is 0 Å². The van der Waals surface area contributed by atoms with Gasteiger partial charge >= 0.3 is 0 Å². The Labute approximate surface area is 99.1 Å². The summed E-state index contributed by atoms with van der Waals surface area (Å²) < 4.78 is 3.24. The van der Waals surface area contributed by atoms with Crippen LogP contribution in [0.4, 0.5) is 0 Å². The van der Waals surface area contributed by atoms with E-state index in [4.69, 9.17) is 5.26 Å². The summed E-state index contributed by atoms with van der Waals surface area (Å²) >= 11 is 3.21. The normalized spacial score (nSPS) is 19.5. The van der Waals surface area contributed by atoms with Gasteiger partial charge in [0.25, 0.3) is 0 Å². The molecule has 0 spiro atoms. The van der Waals surface area contributed by atoms with E-state index < -0.39 is 0 Å². The first-order valence-electron chi connectivity index (χ1n) is 4.88. The quantitative estimate of drug-likeness (QED) is 0.755. The predicted octanol–water partition coefficient (Wildman–Crippen LogP) is 3.86. The lowest BCUT2D eigenvalue weighted by Crippen LogP contribution is -2.09. The molecule has 1 aliphatic heterocycles. The molecule has 2 nitrogen and oxygen atoms in total. The van der Waals surface area contributed by atoms with E-state index in [9.17, 15) is 0 Å². The maximum absolute atomic E-state index is 8.95. The van der Waals surface area contributed by atoms with Crippen LogP contribution in [0.25, 0.3) is 0 Å². The first-order valence-corrected chi connectivity index (χ1v) is 6.64.